The van der Waals surface area contributed by atoms with Gasteiger partial charge in [-0.15, -0.1) is 0 Å². The van der Waals surface area contributed by atoms with Crippen molar-refractivity contribution in [3.8, 4) is 0 Å². The molecule has 1 heterocycles. The normalized spacial score (nSPS) is 8.95. The maximum Gasteiger partial charge on any atom is 4.00 e. The van der Waals surface area contributed by atoms with E-state index < -0.39 is 0 Å². The zero-order valence-corrected chi connectivity index (χ0v) is 19.2. The summed E-state index contributed by atoms with van der Waals surface area (Å²) in [7, 11) is 0. The van der Waals surface area contributed by atoms with Crippen LogP contribution in [0.25, 0.3) is 0 Å². The van der Waals surface area contributed by atoms with E-state index in [1.54, 1.807) is 0 Å². The molecule has 0 radical (unpaired) electrons. The van der Waals surface area contributed by atoms with Crippen LogP contribution in [0.3, 0.4) is 0 Å². The van der Waals surface area contributed by atoms with Crippen LogP contribution in [0.1, 0.15) is 50.3 Å². The van der Waals surface area contributed by atoms with Crippen LogP contribution in [0.4, 0.5) is 0 Å². The van der Waals surface area contributed by atoms with Gasteiger partial charge in [0.1, 0.15) is 0 Å². The molecule has 0 aliphatic rings. The Kier molecular flexibility index (Phi) is 13.2. The Hall–Kier alpha value is 0.0931. The molecule has 122 valence electrons. The predicted molar refractivity (Wildman–Crippen MR) is 84.4 cm³/mol. The van der Waals surface area contributed by atoms with Crippen molar-refractivity contribution in [1.82, 2.24) is 4.98 Å². The van der Waals surface area contributed by atoms with E-state index >= 15 is 0 Å². The minimum Gasteiger partial charge on any atom is -1.00 e. The second kappa shape index (κ2) is 10.8. The van der Waals surface area contributed by atoms with Gasteiger partial charge in [0, 0.05) is 0 Å². The van der Waals surface area contributed by atoms with Gasteiger partial charge in [0.05, 0.1) is 0 Å². The second-order valence-corrected chi connectivity index (χ2v) is 5.66. The average Bonchev–Trinajstić information content (AvgIpc) is 2.69. The van der Waals surface area contributed by atoms with Crippen LogP contribution < -0.4 is 29.8 Å². The van der Waals surface area contributed by atoms with E-state index in [1.165, 1.54) is 50.3 Å². The van der Waals surface area contributed by atoms with Gasteiger partial charge in [-0.2, -0.15) is 39.2 Å². The molecule has 0 aliphatic heterocycles. The van der Waals surface area contributed by atoms with Crippen LogP contribution in [-0.2, 0) is 26.2 Å². The minimum absolute atomic E-state index is 0. The van der Waals surface area contributed by atoms with Crippen molar-refractivity contribution in [2.45, 2.75) is 62.3 Å². The fourth-order valence-electron chi connectivity index (χ4n) is 2.37. The smallest absolute Gasteiger partial charge is 1.00 e. The van der Waals surface area contributed by atoms with E-state index in [9.17, 15) is 0 Å². The van der Waals surface area contributed by atoms with Gasteiger partial charge in [0.25, 0.3) is 0 Å². The topological polar surface area (TPSA) is 14.1 Å². The van der Waals surface area contributed by atoms with Crippen LogP contribution in [0.15, 0.2) is 0 Å². The van der Waals surface area contributed by atoms with Crippen molar-refractivity contribution in [1.29, 1.82) is 0 Å². The molecule has 0 fully saturated rings. The fraction of sp³-hybridized carbons (Fsp3) is 0.500. The number of rotatable bonds is 0. The number of hydrogen-bond donors (Lipinski definition) is 0. The molecule has 0 N–H and O–H groups in total. The monoisotopic (exact) mass is 417 g/mol. The Morgan fingerprint density at radius 1 is 0.591 bits per heavy atom. The Bertz CT molecular complexity index is 492. The standard InChI is InChI=1S/C10H15.C8H12N.2ClH.Zr/c1-6-7(2)9(4)10(5)8(6)3;1-5-6(2)8(4)9-7(5)3;;;/h1-5H3;1-4H3;2*1H;/q2*-1;;;+4/p-2. The fourth-order valence-corrected chi connectivity index (χ4v) is 2.37. The molecule has 0 atom stereocenters. The van der Waals surface area contributed by atoms with Crippen molar-refractivity contribution >= 4 is 0 Å². The molecule has 1 nitrogen and oxygen atoms in total. The van der Waals surface area contributed by atoms with Crippen molar-refractivity contribution in [2.75, 3.05) is 0 Å². The number of aromatic nitrogens is 1. The first-order valence-corrected chi connectivity index (χ1v) is 6.95. The molecule has 0 unspecified atom stereocenters. The van der Waals surface area contributed by atoms with Crippen molar-refractivity contribution in [3.63, 3.8) is 0 Å². The van der Waals surface area contributed by atoms with Gasteiger partial charge in [-0.1, -0.05) is 59.6 Å². The first-order valence-electron chi connectivity index (χ1n) is 6.95. The summed E-state index contributed by atoms with van der Waals surface area (Å²) in [5.74, 6) is 0. The van der Waals surface area contributed by atoms with Crippen molar-refractivity contribution in [2.24, 2.45) is 0 Å². The molecular weight excluding hydrogens is 392 g/mol. The summed E-state index contributed by atoms with van der Waals surface area (Å²) in [6.45, 7) is 19.3. The molecular formula is C18H27Cl2NZr. The van der Waals surface area contributed by atoms with Crippen LogP contribution in [0.5, 0.6) is 0 Å². The molecule has 1 aromatic carbocycles. The molecule has 0 saturated heterocycles. The Balaban J connectivity index is -0.000000290. The van der Waals surface area contributed by atoms with Crippen LogP contribution >= 0.6 is 0 Å². The maximum atomic E-state index is 4.31. The molecule has 2 aromatic rings. The molecule has 4 heteroatoms. The number of halogens is 2. The second-order valence-electron chi connectivity index (χ2n) is 5.66. The summed E-state index contributed by atoms with van der Waals surface area (Å²) in [6, 6.07) is 0. The summed E-state index contributed by atoms with van der Waals surface area (Å²) in [5.41, 5.74) is 12.4. The van der Waals surface area contributed by atoms with Gasteiger partial charge in [-0.25, -0.2) is 0 Å². The first-order chi connectivity index (χ1) is 8.68. The first kappa shape index (κ1) is 27.0. The van der Waals surface area contributed by atoms with E-state index in [4.69, 9.17) is 0 Å². The van der Waals surface area contributed by atoms with Gasteiger partial charge >= 0.3 is 26.2 Å². The third-order valence-corrected chi connectivity index (χ3v) is 4.80. The largest absolute Gasteiger partial charge is 4.00 e. The average molecular weight is 420 g/mol. The molecule has 0 bridgehead atoms. The summed E-state index contributed by atoms with van der Waals surface area (Å²) >= 11 is 0. The van der Waals surface area contributed by atoms with Gasteiger partial charge < -0.3 is 29.8 Å². The van der Waals surface area contributed by atoms with Gasteiger partial charge in [-0.05, 0) is 13.8 Å². The Morgan fingerprint density at radius 3 is 0.955 bits per heavy atom. The Morgan fingerprint density at radius 2 is 0.864 bits per heavy atom. The van der Waals surface area contributed by atoms with E-state index in [1.807, 2.05) is 0 Å². The van der Waals surface area contributed by atoms with E-state index in [-0.39, 0.29) is 51.0 Å². The molecule has 0 spiro atoms. The van der Waals surface area contributed by atoms with Crippen LogP contribution in [0.2, 0.25) is 0 Å². The van der Waals surface area contributed by atoms with Crippen LogP contribution in [-0.4, -0.2) is 0 Å². The summed E-state index contributed by atoms with van der Waals surface area (Å²) in [5, 5.41) is 0. The van der Waals surface area contributed by atoms with Gasteiger partial charge in [0.15, 0.2) is 0 Å². The minimum atomic E-state index is 0. The van der Waals surface area contributed by atoms with Crippen LogP contribution in [0, 0.1) is 62.3 Å². The molecule has 0 saturated carbocycles. The molecule has 0 amide bonds. The van der Waals surface area contributed by atoms with Gasteiger partial charge in [-0.3, -0.25) is 0 Å². The molecule has 2 rings (SSSR count). The summed E-state index contributed by atoms with van der Waals surface area (Å²) < 4.78 is 0. The van der Waals surface area contributed by atoms with E-state index in [2.05, 4.69) is 67.3 Å². The summed E-state index contributed by atoms with van der Waals surface area (Å²) in [4.78, 5) is 4.31. The van der Waals surface area contributed by atoms with E-state index in [0.29, 0.717) is 0 Å². The van der Waals surface area contributed by atoms with Gasteiger partial charge in [0.2, 0.25) is 0 Å². The Labute approximate surface area is 168 Å². The molecule has 1 aromatic heterocycles. The number of aryl methyl sites for hydroxylation is 2. The molecule has 0 aliphatic carbocycles. The number of nitrogens with zero attached hydrogens (tertiary/aromatic N) is 1. The predicted octanol–water partition coefficient (Wildman–Crippen LogP) is -1.17. The quantitative estimate of drug-likeness (QED) is 0.491. The zero-order chi connectivity index (χ0) is 14.9. The van der Waals surface area contributed by atoms with Crippen molar-refractivity contribution in [3.05, 3.63) is 50.3 Å². The zero-order valence-electron chi connectivity index (χ0n) is 15.2. The number of hydrogen-bond acceptors (Lipinski definition) is 0. The van der Waals surface area contributed by atoms with E-state index in [0.717, 1.165) is 0 Å². The maximum absolute atomic E-state index is 4.31. The summed E-state index contributed by atoms with van der Waals surface area (Å²) in [6.07, 6.45) is 0. The van der Waals surface area contributed by atoms with Crippen molar-refractivity contribution < 1.29 is 51.0 Å². The third kappa shape index (κ3) is 5.62. The third-order valence-electron chi connectivity index (χ3n) is 4.80. The molecule has 22 heavy (non-hydrogen) atoms. The SMILES string of the molecule is Cc1[n-]c(C)c(C)c1C.Cc1c(C)c(C)[c-](C)c1C.[Cl-].[Cl-].[Zr+4].